The quantitative estimate of drug-likeness (QED) is 0.664. The first-order valence-electron chi connectivity index (χ1n) is 6.67. The molecule has 0 aliphatic carbocycles. The first-order valence-corrected chi connectivity index (χ1v) is 6.67. The molecule has 2 nitrogen and oxygen atoms in total. The molecule has 0 unspecified atom stereocenters. The Labute approximate surface area is 105 Å². The summed E-state index contributed by atoms with van der Waals surface area (Å²) in [7, 11) is 1.99. The van der Waals surface area contributed by atoms with Crippen LogP contribution in [0.3, 0.4) is 0 Å². The highest BCUT2D eigenvalue weighted by molar-refractivity contribution is 5.26. The van der Waals surface area contributed by atoms with Crippen LogP contribution in [-0.4, -0.2) is 20.2 Å². The average Bonchev–Trinajstić information content (AvgIpc) is 2.37. The van der Waals surface area contributed by atoms with Gasteiger partial charge in [-0.1, -0.05) is 44.0 Å². The molecule has 1 aromatic rings. The van der Waals surface area contributed by atoms with E-state index in [4.69, 9.17) is 4.74 Å². The lowest BCUT2D eigenvalue weighted by molar-refractivity contribution is 0.116. The minimum atomic E-state index is 0.754. The first kappa shape index (κ1) is 14.2. The summed E-state index contributed by atoms with van der Waals surface area (Å²) in [5.74, 6) is 0. The van der Waals surface area contributed by atoms with Crippen LogP contribution in [0.1, 0.15) is 37.3 Å². The van der Waals surface area contributed by atoms with Crippen LogP contribution in [0.15, 0.2) is 24.3 Å². The van der Waals surface area contributed by atoms with Gasteiger partial charge in [0, 0.05) is 6.61 Å². The maximum Gasteiger partial charge on any atom is 0.0719 e. The Balaban J connectivity index is 2.35. The first-order chi connectivity index (χ1) is 8.38. The van der Waals surface area contributed by atoms with Crippen molar-refractivity contribution >= 4 is 0 Å². The van der Waals surface area contributed by atoms with Crippen molar-refractivity contribution in [2.45, 2.75) is 39.2 Å². The van der Waals surface area contributed by atoms with E-state index in [1.165, 1.54) is 30.4 Å². The third kappa shape index (κ3) is 5.85. The summed E-state index contributed by atoms with van der Waals surface area (Å²) in [6, 6.07) is 8.56. The molecule has 0 heterocycles. The third-order valence-electron chi connectivity index (χ3n) is 2.91. The molecule has 0 radical (unpaired) electrons. The largest absolute Gasteiger partial charge is 0.377 e. The van der Waals surface area contributed by atoms with Gasteiger partial charge in [0.15, 0.2) is 0 Å². The number of hydrogen-bond acceptors (Lipinski definition) is 2. The van der Waals surface area contributed by atoms with Crippen molar-refractivity contribution in [3.8, 4) is 0 Å². The van der Waals surface area contributed by atoms with E-state index in [1.54, 1.807) is 0 Å². The van der Waals surface area contributed by atoms with Gasteiger partial charge in [-0.05, 0) is 37.6 Å². The third-order valence-corrected chi connectivity index (χ3v) is 2.91. The van der Waals surface area contributed by atoms with Crippen LogP contribution < -0.4 is 5.32 Å². The zero-order chi connectivity index (χ0) is 12.3. The van der Waals surface area contributed by atoms with Gasteiger partial charge in [0.25, 0.3) is 0 Å². The molecule has 0 aliphatic rings. The van der Waals surface area contributed by atoms with E-state index in [-0.39, 0.29) is 0 Å². The van der Waals surface area contributed by atoms with Crippen molar-refractivity contribution in [1.82, 2.24) is 5.32 Å². The number of hydrogen-bond donors (Lipinski definition) is 1. The van der Waals surface area contributed by atoms with Gasteiger partial charge in [-0.3, -0.25) is 0 Å². The molecule has 2 heteroatoms. The van der Waals surface area contributed by atoms with Crippen molar-refractivity contribution in [3.05, 3.63) is 35.4 Å². The predicted molar refractivity (Wildman–Crippen MR) is 73.3 cm³/mol. The molecule has 0 aromatic heterocycles. The van der Waals surface area contributed by atoms with Gasteiger partial charge in [0.2, 0.25) is 0 Å². The van der Waals surface area contributed by atoms with Crippen molar-refractivity contribution in [1.29, 1.82) is 0 Å². The van der Waals surface area contributed by atoms with Crippen molar-refractivity contribution in [2.75, 3.05) is 20.2 Å². The number of likely N-dealkylation sites (N-methyl/N-ethyl adjacent to an activating group) is 1. The Kier molecular flexibility index (Phi) is 7.69. The van der Waals surface area contributed by atoms with E-state index in [9.17, 15) is 0 Å². The Morgan fingerprint density at radius 1 is 1.12 bits per heavy atom. The summed E-state index contributed by atoms with van der Waals surface area (Å²) < 4.78 is 5.72. The molecular formula is C15H25NO. The molecule has 1 N–H and O–H groups in total. The van der Waals surface area contributed by atoms with Gasteiger partial charge in [-0.2, -0.15) is 0 Å². The van der Waals surface area contributed by atoms with Crippen LogP contribution in [0.25, 0.3) is 0 Å². The normalized spacial score (nSPS) is 10.7. The van der Waals surface area contributed by atoms with Gasteiger partial charge < -0.3 is 10.1 Å². The Morgan fingerprint density at radius 3 is 2.59 bits per heavy atom. The van der Waals surface area contributed by atoms with E-state index in [0.29, 0.717) is 0 Å². The highest BCUT2D eigenvalue weighted by Crippen LogP contribution is 2.11. The molecule has 96 valence electrons. The summed E-state index contributed by atoms with van der Waals surface area (Å²) in [5, 5.41) is 3.19. The zero-order valence-electron chi connectivity index (χ0n) is 11.2. The van der Waals surface area contributed by atoms with Crippen molar-refractivity contribution in [2.24, 2.45) is 0 Å². The average molecular weight is 235 g/mol. The summed E-state index contributed by atoms with van der Waals surface area (Å²) in [6.07, 6.45) is 4.77. The molecule has 0 aliphatic heterocycles. The number of rotatable bonds is 9. The van der Waals surface area contributed by atoms with Crippen LogP contribution in [0, 0.1) is 0 Å². The molecule has 1 aromatic carbocycles. The molecule has 17 heavy (non-hydrogen) atoms. The smallest absolute Gasteiger partial charge is 0.0719 e. The molecule has 0 spiro atoms. The van der Waals surface area contributed by atoms with Gasteiger partial charge in [-0.25, -0.2) is 0 Å². The van der Waals surface area contributed by atoms with E-state index >= 15 is 0 Å². The van der Waals surface area contributed by atoms with Crippen LogP contribution >= 0.6 is 0 Å². The topological polar surface area (TPSA) is 21.3 Å². The number of nitrogens with one attached hydrogen (secondary N) is 1. The standard InChI is InChI=1S/C15H25NO/c1-3-4-7-12-17-13-15-9-6-5-8-14(15)10-11-16-2/h5-6,8-9,16H,3-4,7,10-13H2,1-2H3. The minimum Gasteiger partial charge on any atom is -0.377 e. The Morgan fingerprint density at radius 2 is 1.88 bits per heavy atom. The second kappa shape index (κ2) is 9.20. The predicted octanol–water partition coefficient (Wildman–Crippen LogP) is 3.16. The monoisotopic (exact) mass is 235 g/mol. The summed E-state index contributed by atoms with van der Waals surface area (Å²) in [6.45, 7) is 4.87. The lowest BCUT2D eigenvalue weighted by Gasteiger charge is -2.10. The summed E-state index contributed by atoms with van der Waals surface area (Å²) in [4.78, 5) is 0. The lowest BCUT2D eigenvalue weighted by atomic mass is 10.1. The molecule has 0 saturated carbocycles. The lowest BCUT2D eigenvalue weighted by Crippen LogP contribution is -2.11. The number of unbranched alkanes of at least 4 members (excludes halogenated alkanes) is 2. The fraction of sp³-hybridized carbons (Fsp3) is 0.600. The van der Waals surface area contributed by atoms with Gasteiger partial charge in [-0.15, -0.1) is 0 Å². The van der Waals surface area contributed by atoms with Gasteiger partial charge in [0.1, 0.15) is 0 Å². The maximum atomic E-state index is 5.72. The highest BCUT2D eigenvalue weighted by Gasteiger charge is 2.01. The summed E-state index contributed by atoms with van der Waals surface area (Å²) in [5.41, 5.74) is 2.73. The summed E-state index contributed by atoms with van der Waals surface area (Å²) >= 11 is 0. The molecule has 1 rings (SSSR count). The van der Waals surface area contributed by atoms with Crippen LogP contribution in [0.4, 0.5) is 0 Å². The second-order valence-electron chi connectivity index (χ2n) is 4.38. The van der Waals surface area contributed by atoms with Gasteiger partial charge >= 0.3 is 0 Å². The molecule has 0 atom stereocenters. The second-order valence-corrected chi connectivity index (χ2v) is 4.38. The fourth-order valence-corrected chi connectivity index (χ4v) is 1.84. The minimum absolute atomic E-state index is 0.754. The maximum absolute atomic E-state index is 5.72. The van der Waals surface area contributed by atoms with E-state index < -0.39 is 0 Å². The van der Waals surface area contributed by atoms with E-state index in [0.717, 1.165) is 26.2 Å². The van der Waals surface area contributed by atoms with Gasteiger partial charge in [0.05, 0.1) is 6.61 Å². The Hall–Kier alpha value is -0.860. The fourth-order valence-electron chi connectivity index (χ4n) is 1.84. The molecule has 0 amide bonds. The van der Waals surface area contributed by atoms with Crippen LogP contribution in [0.2, 0.25) is 0 Å². The van der Waals surface area contributed by atoms with E-state index in [2.05, 4.69) is 36.5 Å². The molecular weight excluding hydrogens is 210 g/mol. The number of benzene rings is 1. The van der Waals surface area contributed by atoms with Crippen LogP contribution in [0.5, 0.6) is 0 Å². The van der Waals surface area contributed by atoms with E-state index in [1.807, 2.05) is 7.05 Å². The SMILES string of the molecule is CCCCCOCc1ccccc1CCNC. The Bertz CT molecular complexity index is 299. The van der Waals surface area contributed by atoms with Crippen molar-refractivity contribution < 1.29 is 4.74 Å². The molecule has 0 saturated heterocycles. The van der Waals surface area contributed by atoms with Crippen molar-refractivity contribution in [3.63, 3.8) is 0 Å². The number of ether oxygens (including phenoxy) is 1. The molecule has 0 fully saturated rings. The molecule has 0 bridgehead atoms. The zero-order valence-corrected chi connectivity index (χ0v) is 11.2. The highest BCUT2D eigenvalue weighted by atomic mass is 16.5. The van der Waals surface area contributed by atoms with Crippen LogP contribution in [-0.2, 0) is 17.8 Å².